The van der Waals surface area contributed by atoms with Gasteiger partial charge in [0.2, 0.25) is 4.80 Å². The van der Waals surface area contributed by atoms with Crippen LogP contribution in [-0.4, -0.2) is 13.0 Å². The van der Waals surface area contributed by atoms with Crippen LogP contribution in [-0.2, 0) is 17.1 Å². The molecule has 0 aliphatic heterocycles. The van der Waals surface area contributed by atoms with E-state index in [1.54, 1.807) is 16.7 Å². The largest absolute Gasteiger partial charge is 0.319 e. The van der Waals surface area contributed by atoms with Gasteiger partial charge in [-0.3, -0.25) is 0 Å². The highest BCUT2D eigenvalue weighted by Crippen LogP contribution is 2.23. The summed E-state index contributed by atoms with van der Waals surface area (Å²) in [6, 6.07) is 12.2. The van der Waals surface area contributed by atoms with Crippen LogP contribution in [0.4, 0.5) is 0 Å². The van der Waals surface area contributed by atoms with Gasteiger partial charge < -0.3 is 4.57 Å². The van der Waals surface area contributed by atoms with E-state index < -0.39 is 10.0 Å². The summed E-state index contributed by atoms with van der Waals surface area (Å²) in [6.45, 7) is 4.26. The van der Waals surface area contributed by atoms with Crippen molar-refractivity contribution in [1.29, 1.82) is 0 Å². The van der Waals surface area contributed by atoms with Gasteiger partial charge in [-0.1, -0.05) is 42.9 Å². The fourth-order valence-corrected chi connectivity index (χ4v) is 4.78. The van der Waals surface area contributed by atoms with Gasteiger partial charge in [-0.2, -0.15) is 8.42 Å². The molecule has 0 aliphatic rings. The Morgan fingerprint density at radius 2 is 1.79 bits per heavy atom. The molecule has 0 saturated heterocycles. The van der Waals surface area contributed by atoms with E-state index in [0.29, 0.717) is 15.7 Å². The molecule has 24 heavy (non-hydrogen) atoms. The quantitative estimate of drug-likeness (QED) is 0.679. The first kappa shape index (κ1) is 17.2. The smallest absolute Gasteiger partial charge is 0.285 e. The lowest BCUT2D eigenvalue weighted by atomic mass is 10.0. The highest BCUT2D eigenvalue weighted by atomic mass is 35.5. The molecule has 3 aromatic rings. The van der Waals surface area contributed by atoms with E-state index in [-0.39, 0.29) is 4.90 Å². The maximum absolute atomic E-state index is 12.5. The molecule has 2 aromatic carbocycles. The van der Waals surface area contributed by atoms with Crippen molar-refractivity contribution in [2.24, 2.45) is 11.4 Å². The minimum Gasteiger partial charge on any atom is -0.319 e. The Morgan fingerprint density at radius 1 is 1.12 bits per heavy atom. The second kappa shape index (κ2) is 6.35. The third-order valence-corrected chi connectivity index (χ3v) is 6.55. The summed E-state index contributed by atoms with van der Waals surface area (Å²) in [5, 5.41) is 0.489. The van der Waals surface area contributed by atoms with Crippen molar-refractivity contribution in [2.75, 3.05) is 0 Å². The SMILES string of the molecule is CC(C)c1ccc2c(c1)s/c(=N\S(=O)(=O)c1ccc(Cl)cc1)n2C. The van der Waals surface area contributed by atoms with Crippen molar-refractivity contribution < 1.29 is 8.42 Å². The lowest BCUT2D eigenvalue weighted by molar-refractivity contribution is 0.596. The first-order valence-corrected chi connectivity index (χ1v) is 10.1. The number of fused-ring (bicyclic) bond motifs is 1. The topological polar surface area (TPSA) is 51.4 Å². The van der Waals surface area contributed by atoms with E-state index in [2.05, 4.69) is 30.4 Å². The highest BCUT2D eigenvalue weighted by molar-refractivity contribution is 7.90. The van der Waals surface area contributed by atoms with Gasteiger partial charge in [0.05, 0.1) is 15.1 Å². The number of hydrogen-bond acceptors (Lipinski definition) is 3. The number of aryl methyl sites for hydroxylation is 1. The van der Waals surface area contributed by atoms with Crippen molar-refractivity contribution in [1.82, 2.24) is 4.57 Å². The van der Waals surface area contributed by atoms with Crippen LogP contribution < -0.4 is 4.80 Å². The van der Waals surface area contributed by atoms with Crippen LogP contribution in [0.15, 0.2) is 51.8 Å². The molecule has 0 unspecified atom stereocenters. The number of benzene rings is 2. The van der Waals surface area contributed by atoms with Crippen molar-refractivity contribution in [3.8, 4) is 0 Å². The minimum atomic E-state index is -3.77. The van der Waals surface area contributed by atoms with Crippen molar-refractivity contribution >= 4 is 43.2 Å². The minimum absolute atomic E-state index is 0.132. The van der Waals surface area contributed by atoms with Gasteiger partial charge in [-0.25, -0.2) is 0 Å². The maximum atomic E-state index is 12.5. The Kier molecular flexibility index (Phi) is 4.55. The molecule has 0 radical (unpaired) electrons. The van der Waals surface area contributed by atoms with E-state index in [4.69, 9.17) is 11.6 Å². The van der Waals surface area contributed by atoms with Crippen LogP contribution in [0.5, 0.6) is 0 Å². The van der Waals surface area contributed by atoms with Gasteiger partial charge in [-0.15, -0.1) is 4.40 Å². The molecule has 0 N–H and O–H groups in total. The number of thiazole rings is 1. The molecular formula is C17H17ClN2O2S2. The fraction of sp³-hybridized carbons (Fsp3) is 0.235. The molecule has 0 amide bonds. The fourth-order valence-electron chi connectivity index (χ4n) is 2.36. The van der Waals surface area contributed by atoms with Crippen molar-refractivity contribution in [3.05, 3.63) is 57.9 Å². The molecule has 1 heterocycles. The van der Waals surface area contributed by atoms with E-state index in [0.717, 1.165) is 10.2 Å². The Balaban J connectivity index is 2.16. The van der Waals surface area contributed by atoms with Crippen LogP contribution >= 0.6 is 22.9 Å². The molecule has 0 bridgehead atoms. The molecule has 0 fully saturated rings. The standard InChI is InChI=1S/C17H17ClN2O2S2/c1-11(2)12-4-9-15-16(10-12)23-17(20(15)3)19-24(21,22)14-7-5-13(18)6-8-14/h4-11H,1-3H3/b19-17-. The summed E-state index contributed by atoms with van der Waals surface area (Å²) in [6.07, 6.45) is 0. The van der Waals surface area contributed by atoms with Crippen LogP contribution in [0.1, 0.15) is 25.3 Å². The predicted octanol–water partition coefficient (Wildman–Crippen LogP) is 4.31. The summed E-state index contributed by atoms with van der Waals surface area (Å²) in [7, 11) is -1.95. The van der Waals surface area contributed by atoms with E-state index >= 15 is 0 Å². The van der Waals surface area contributed by atoms with Crippen molar-refractivity contribution in [2.45, 2.75) is 24.7 Å². The normalized spacial score (nSPS) is 13.1. The maximum Gasteiger partial charge on any atom is 0.285 e. The average molecular weight is 381 g/mol. The molecule has 0 spiro atoms. The zero-order valence-corrected chi connectivity index (χ0v) is 15.9. The molecular weight excluding hydrogens is 364 g/mol. The lowest BCUT2D eigenvalue weighted by Gasteiger charge is -2.04. The van der Waals surface area contributed by atoms with Gasteiger partial charge in [-0.05, 0) is 47.9 Å². The van der Waals surface area contributed by atoms with Crippen LogP contribution in [0, 0.1) is 0 Å². The Bertz CT molecular complexity index is 1060. The van der Waals surface area contributed by atoms with E-state index in [9.17, 15) is 8.42 Å². The summed E-state index contributed by atoms with van der Waals surface area (Å²) >= 11 is 7.18. The molecule has 1 aromatic heterocycles. The lowest BCUT2D eigenvalue weighted by Crippen LogP contribution is -2.13. The summed E-state index contributed by atoms with van der Waals surface area (Å²) < 4.78 is 31.8. The molecule has 3 rings (SSSR count). The van der Waals surface area contributed by atoms with Gasteiger partial charge in [0, 0.05) is 12.1 Å². The zero-order valence-electron chi connectivity index (χ0n) is 13.5. The number of halogens is 1. The number of hydrogen-bond donors (Lipinski definition) is 0. The third kappa shape index (κ3) is 3.27. The highest BCUT2D eigenvalue weighted by Gasteiger charge is 2.14. The van der Waals surface area contributed by atoms with Gasteiger partial charge in [0.1, 0.15) is 0 Å². The molecule has 126 valence electrons. The molecule has 4 nitrogen and oxygen atoms in total. The Morgan fingerprint density at radius 3 is 2.42 bits per heavy atom. The van der Waals surface area contributed by atoms with Gasteiger partial charge in [0.25, 0.3) is 10.0 Å². The number of rotatable bonds is 3. The second-order valence-corrected chi connectivity index (χ2v) is 8.90. The second-order valence-electron chi connectivity index (χ2n) is 5.85. The van der Waals surface area contributed by atoms with E-state index in [1.165, 1.54) is 29.0 Å². The number of sulfonamides is 1. The molecule has 0 aliphatic carbocycles. The summed E-state index contributed by atoms with van der Waals surface area (Å²) in [5.74, 6) is 0.417. The van der Waals surface area contributed by atoms with Gasteiger partial charge in [0.15, 0.2) is 0 Å². The molecule has 0 saturated carbocycles. The van der Waals surface area contributed by atoms with Crippen LogP contribution in [0.25, 0.3) is 10.2 Å². The first-order valence-electron chi connectivity index (χ1n) is 7.44. The predicted molar refractivity (Wildman–Crippen MR) is 99.1 cm³/mol. The van der Waals surface area contributed by atoms with Crippen LogP contribution in [0.2, 0.25) is 5.02 Å². The summed E-state index contributed by atoms with van der Waals surface area (Å²) in [4.78, 5) is 0.577. The number of aromatic nitrogens is 1. The summed E-state index contributed by atoms with van der Waals surface area (Å²) in [5.41, 5.74) is 2.19. The van der Waals surface area contributed by atoms with E-state index in [1.807, 2.05) is 13.1 Å². The zero-order chi connectivity index (χ0) is 17.5. The Labute approximate surface area is 150 Å². The third-order valence-electron chi connectivity index (χ3n) is 3.81. The van der Waals surface area contributed by atoms with Crippen molar-refractivity contribution in [3.63, 3.8) is 0 Å². The van der Waals surface area contributed by atoms with Gasteiger partial charge >= 0.3 is 0 Å². The molecule has 7 heteroatoms. The van der Waals surface area contributed by atoms with Crippen LogP contribution in [0.3, 0.4) is 0 Å². The average Bonchev–Trinajstić information content (AvgIpc) is 2.82. The number of nitrogens with zero attached hydrogens (tertiary/aromatic N) is 2. The molecule has 0 atom stereocenters. The Hall–Kier alpha value is -1.63. The monoisotopic (exact) mass is 380 g/mol. The first-order chi connectivity index (χ1) is 11.3.